The van der Waals surface area contributed by atoms with Gasteiger partial charge in [0.1, 0.15) is 6.04 Å². The number of aryl methyl sites for hydroxylation is 4. The van der Waals surface area contributed by atoms with Crippen molar-refractivity contribution in [2.75, 3.05) is 0 Å². The topological polar surface area (TPSA) is 70.0 Å². The van der Waals surface area contributed by atoms with Gasteiger partial charge in [0.05, 0.1) is 11.0 Å². The summed E-state index contributed by atoms with van der Waals surface area (Å²) in [4.78, 5) is 0.271. The standard InChI is InChI=1S/C19H22N2O2S/c1-14-11-15(2)19(16(3)12-14)24(22,23)21-18(13-20)10-9-17-7-5-4-6-8-17/h4-8,11-12,18,21H,9-10H2,1-3H3. The average Bonchev–Trinajstić information content (AvgIpc) is 2.51. The fraction of sp³-hybridized carbons (Fsp3) is 0.316. The van der Waals surface area contributed by atoms with Gasteiger partial charge in [0.2, 0.25) is 10.0 Å². The summed E-state index contributed by atoms with van der Waals surface area (Å²) in [6.07, 6.45) is 1.08. The molecule has 0 spiro atoms. The Kier molecular flexibility index (Phi) is 5.76. The summed E-state index contributed by atoms with van der Waals surface area (Å²) >= 11 is 0. The minimum atomic E-state index is -3.73. The van der Waals surface area contributed by atoms with Crippen LogP contribution < -0.4 is 4.72 Å². The Morgan fingerprint density at radius 1 is 1.08 bits per heavy atom. The van der Waals surface area contributed by atoms with E-state index in [4.69, 9.17) is 0 Å². The van der Waals surface area contributed by atoms with Gasteiger partial charge in [-0.3, -0.25) is 0 Å². The minimum Gasteiger partial charge on any atom is -0.207 e. The zero-order chi connectivity index (χ0) is 17.7. The maximum atomic E-state index is 12.7. The molecule has 2 rings (SSSR count). The van der Waals surface area contributed by atoms with Crippen LogP contribution in [0.1, 0.15) is 28.7 Å². The normalized spacial score (nSPS) is 12.6. The Morgan fingerprint density at radius 2 is 1.67 bits per heavy atom. The van der Waals surface area contributed by atoms with E-state index in [1.807, 2.05) is 49.4 Å². The van der Waals surface area contributed by atoms with Crippen molar-refractivity contribution in [3.8, 4) is 6.07 Å². The Bertz CT molecular complexity index is 830. The number of nitrogens with zero attached hydrogens (tertiary/aromatic N) is 1. The van der Waals surface area contributed by atoms with Crippen molar-refractivity contribution >= 4 is 10.0 Å². The van der Waals surface area contributed by atoms with Gasteiger partial charge in [-0.05, 0) is 50.3 Å². The molecule has 1 N–H and O–H groups in total. The third kappa shape index (κ3) is 4.44. The van der Waals surface area contributed by atoms with Gasteiger partial charge in [-0.15, -0.1) is 0 Å². The van der Waals surface area contributed by atoms with Crippen LogP contribution in [0.2, 0.25) is 0 Å². The molecular formula is C19H22N2O2S. The zero-order valence-corrected chi connectivity index (χ0v) is 15.0. The number of nitrogens with one attached hydrogen (secondary N) is 1. The molecule has 0 aliphatic rings. The second-order valence-electron chi connectivity index (χ2n) is 6.06. The second-order valence-corrected chi connectivity index (χ2v) is 7.71. The lowest BCUT2D eigenvalue weighted by Crippen LogP contribution is -2.35. The highest BCUT2D eigenvalue weighted by Crippen LogP contribution is 2.22. The first-order valence-electron chi connectivity index (χ1n) is 7.87. The molecule has 1 atom stereocenters. The summed E-state index contributed by atoms with van der Waals surface area (Å²) in [5.74, 6) is 0. The first kappa shape index (κ1) is 18.2. The zero-order valence-electron chi connectivity index (χ0n) is 14.2. The lowest BCUT2D eigenvalue weighted by molar-refractivity contribution is 0.563. The molecule has 5 heteroatoms. The van der Waals surface area contributed by atoms with Gasteiger partial charge in [0.15, 0.2) is 0 Å². The first-order valence-corrected chi connectivity index (χ1v) is 9.35. The highest BCUT2D eigenvalue weighted by atomic mass is 32.2. The van der Waals surface area contributed by atoms with Crippen LogP contribution >= 0.6 is 0 Å². The van der Waals surface area contributed by atoms with Crippen molar-refractivity contribution < 1.29 is 8.42 Å². The van der Waals surface area contributed by atoms with Crippen LogP contribution in [0, 0.1) is 32.1 Å². The SMILES string of the molecule is Cc1cc(C)c(S(=O)(=O)NC(C#N)CCc2ccccc2)c(C)c1. The van der Waals surface area contributed by atoms with Crippen molar-refractivity contribution in [1.82, 2.24) is 4.72 Å². The fourth-order valence-electron chi connectivity index (χ4n) is 2.94. The minimum absolute atomic E-state index is 0.271. The lowest BCUT2D eigenvalue weighted by Gasteiger charge is -2.16. The van der Waals surface area contributed by atoms with E-state index >= 15 is 0 Å². The van der Waals surface area contributed by atoms with Gasteiger partial charge in [-0.1, -0.05) is 48.0 Å². The largest absolute Gasteiger partial charge is 0.242 e. The van der Waals surface area contributed by atoms with Crippen LogP contribution in [0.15, 0.2) is 47.4 Å². The summed E-state index contributed by atoms with van der Waals surface area (Å²) < 4.78 is 27.9. The monoisotopic (exact) mass is 342 g/mol. The molecule has 0 heterocycles. The molecule has 0 bridgehead atoms. The second kappa shape index (κ2) is 7.61. The van der Waals surface area contributed by atoms with E-state index in [2.05, 4.69) is 10.8 Å². The van der Waals surface area contributed by atoms with E-state index < -0.39 is 16.1 Å². The molecule has 0 aliphatic heterocycles. The Morgan fingerprint density at radius 3 is 2.21 bits per heavy atom. The number of hydrogen-bond acceptors (Lipinski definition) is 3. The van der Waals surface area contributed by atoms with Crippen LogP contribution in [0.25, 0.3) is 0 Å². The van der Waals surface area contributed by atoms with Crippen LogP contribution in [0.4, 0.5) is 0 Å². The molecule has 0 aliphatic carbocycles. The van der Waals surface area contributed by atoms with E-state index in [1.165, 1.54) is 0 Å². The maximum Gasteiger partial charge on any atom is 0.242 e. The van der Waals surface area contributed by atoms with Crippen molar-refractivity contribution in [3.63, 3.8) is 0 Å². The number of benzene rings is 2. The first-order chi connectivity index (χ1) is 11.3. The molecule has 0 amide bonds. The van der Waals surface area contributed by atoms with Gasteiger partial charge >= 0.3 is 0 Å². The Labute approximate surface area is 144 Å². The van der Waals surface area contributed by atoms with E-state index in [1.54, 1.807) is 13.8 Å². The molecule has 4 nitrogen and oxygen atoms in total. The van der Waals surface area contributed by atoms with Gasteiger partial charge in [0.25, 0.3) is 0 Å². The molecule has 0 radical (unpaired) electrons. The Hall–Kier alpha value is -2.16. The number of nitriles is 1. The smallest absolute Gasteiger partial charge is 0.207 e. The summed E-state index contributed by atoms with van der Waals surface area (Å²) in [5, 5.41) is 9.32. The highest BCUT2D eigenvalue weighted by molar-refractivity contribution is 7.89. The molecular weight excluding hydrogens is 320 g/mol. The molecule has 2 aromatic carbocycles. The van der Waals surface area contributed by atoms with Gasteiger partial charge in [0, 0.05) is 0 Å². The van der Waals surface area contributed by atoms with E-state index in [0.29, 0.717) is 24.0 Å². The summed E-state index contributed by atoms with van der Waals surface area (Å²) in [6, 6.07) is 14.7. The molecule has 2 aromatic rings. The van der Waals surface area contributed by atoms with Crippen LogP contribution in [-0.4, -0.2) is 14.5 Å². The third-order valence-corrected chi connectivity index (χ3v) is 5.67. The van der Waals surface area contributed by atoms with E-state index in [9.17, 15) is 13.7 Å². The van der Waals surface area contributed by atoms with Crippen LogP contribution in [0.5, 0.6) is 0 Å². The molecule has 0 aromatic heterocycles. The highest BCUT2D eigenvalue weighted by Gasteiger charge is 2.23. The van der Waals surface area contributed by atoms with Gasteiger partial charge < -0.3 is 0 Å². The predicted molar refractivity (Wildman–Crippen MR) is 95.1 cm³/mol. The van der Waals surface area contributed by atoms with Crippen molar-refractivity contribution in [2.45, 2.75) is 44.6 Å². The average molecular weight is 342 g/mol. The molecule has 0 fully saturated rings. The van der Waals surface area contributed by atoms with Crippen LogP contribution in [0.3, 0.4) is 0 Å². The number of rotatable bonds is 6. The summed E-state index contributed by atoms with van der Waals surface area (Å²) in [5.41, 5.74) is 3.49. The fourth-order valence-corrected chi connectivity index (χ4v) is 4.57. The van der Waals surface area contributed by atoms with Crippen molar-refractivity contribution in [1.29, 1.82) is 5.26 Å². The molecule has 126 valence electrons. The third-order valence-electron chi connectivity index (χ3n) is 3.89. The van der Waals surface area contributed by atoms with Gasteiger partial charge in [-0.25, -0.2) is 8.42 Å². The quantitative estimate of drug-likeness (QED) is 0.874. The number of hydrogen-bond donors (Lipinski definition) is 1. The van der Waals surface area contributed by atoms with E-state index in [0.717, 1.165) is 11.1 Å². The molecule has 24 heavy (non-hydrogen) atoms. The Balaban J connectivity index is 2.17. The van der Waals surface area contributed by atoms with Crippen molar-refractivity contribution in [2.24, 2.45) is 0 Å². The summed E-state index contributed by atoms with van der Waals surface area (Å²) in [7, 11) is -3.73. The maximum absolute atomic E-state index is 12.7. The van der Waals surface area contributed by atoms with Crippen molar-refractivity contribution in [3.05, 3.63) is 64.7 Å². The van der Waals surface area contributed by atoms with Gasteiger partial charge in [-0.2, -0.15) is 9.98 Å². The van der Waals surface area contributed by atoms with E-state index in [-0.39, 0.29) is 4.90 Å². The molecule has 0 saturated carbocycles. The summed E-state index contributed by atoms with van der Waals surface area (Å²) in [6.45, 7) is 5.49. The lowest BCUT2D eigenvalue weighted by atomic mass is 10.1. The van der Waals surface area contributed by atoms with Crippen LogP contribution in [-0.2, 0) is 16.4 Å². The molecule has 1 unspecified atom stereocenters. The number of sulfonamides is 1. The molecule has 0 saturated heterocycles. The predicted octanol–water partition coefficient (Wildman–Crippen LogP) is 3.42.